The molecule has 42 heavy (non-hydrogen) atoms. The number of fused-ring (bicyclic) bond motifs is 3. The summed E-state index contributed by atoms with van der Waals surface area (Å²) in [5.41, 5.74) is 9.67. The predicted octanol–water partition coefficient (Wildman–Crippen LogP) is 12.3. The molecule has 0 nitrogen and oxygen atoms in total. The maximum absolute atomic E-state index is 2.48. The molecule has 0 N–H and O–H groups in total. The van der Waals surface area contributed by atoms with Crippen LogP contribution in [0.2, 0.25) is 0 Å². The Morgan fingerprint density at radius 1 is 0.500 bits per heavy atom. The van der Waals surface area contributed by atoms with Crippen molar-refractivity contribution in [3.63, 3.8) is 0 Å². The zero-order valence-electron chi connectivity index (χ0n) is 24.2. The smallest absolute Gasteiger partial charge is 0.00201 e. The van der Waals surface area contributed by atoms with Crippen molar-refractivity contribution < 1.29 is 0 Å². The number of allylic oxidation sites excluding steroid dienone is 4. The minimum atomic E-state index is 0.704. The lowest BCUT2D eigenvalue weighted by Crippen LogP contribution is -2.04. The maximum atomic E-state index is 2.48. The summed E-state index contributed by atoms with van der Waals surface area (Å²) in [6.07, 6.45) is 15.8. The van der Waals surface area contributed by atoms with Gasteiger partial charge in [0.1, 0.15) is 0 Å². The lowest BCUT2D eigenvalue weighted by Gasteiger charge is -2.23. The van der Waals surface area contributed by atoms with Crippen LogP contribution in [-0.4, -0.2) is 0 Å². The Hall–Kier alpha value is -4.42. The van der Waals surface area contributed by atoms with E-state index in [2.05, 4.69) is 127 Å². The normalized spacial score (nSPS) is 15.9. The van der Waals surface area contributed by atoms with Crippen molar-refractivity contribution in [3.05, 3.63) is 139 Å². The van der Waals surface area contributed by atoms with Crippen molar-refractivity contribution in [2.45, 2.75) is 50.9 Å². The number of benzene rings is 6. The molecule has 0 aliphatic heterocycles. The predicted molar refractivity (Wildman–Crippen MR) is 182 cm³/mol. The first-order chi connectivity index (χ1) is 20.9. The Labute approximate surface area is 249 Å². The van der Waals surface area contributed by atoms with Crippen LogP contribution in [0.15, 0.2) is 127 Å². The van der Waals surface area contributed by atoms with Gasteiger partial charge in [-0.1, -0.05) is 147 Å². The van der Waals surface area contributed by atoms with Crippen LogP contribution >= 0.6 is 0 Å². The molecule has 0 saturated heterocycles. The minimum absolute atomic E-state index is 0.704. The van der Waals surface area contributed by atoms with Crippen LogP contribution in [0, 0.1) is 0 Å². The van der Waals surface area contributed by atoms with Gasteiger partial charge in [0.05, 0.1) is 0 Å². The van der Waals surface area contributed by atoms with Gasteiger partial charge in [0, 0.05) is 0 Å². The molecule has 0 heterocycles. The summed E-state index contributed by atoms with van der Waals surface area (Å²) in [7, 11) is 0. The molecule has 0 aromatic heterocycles. The zero-order valence-corrected chi connectivity index (χ0v) is 24.2. The van der Waals surface area contributed by atoms with Gasteiger partial charge in [-0.25, -0.2) is 0 Å². The molecular weight excluding hydrogens is 504 g/mol. The lowest BCUT2D eigenvalue weighted by molar-refractivity contribution is 0.444. The molecule has 8 rings (SSSR count). The molecule has 0 unspecified atom stereocenters. The van der Waals surface area contributed by atoms with Gasteiger partial charge in [-0.15, -0.1) is 0 Å². The van der Waals surface area contributed by atoms with Crippen LogP contribution in [0.1, 0.15) is 62.0 Å². The van der Waals surface area contributed by atoms with Crippen molar-refractivity contribution in [1.29, 1.82) is 0 Å². The van der Waals surface area contributed by atoms with Crippen LogP contribution in [0.4, 0.5) is 0 Å². The standard InChI is InChI=1S/C42H36/c1-3-14-29(15-4-1)31-18-13-19-32(28-31)33-26-27-40(35-21-8-7-20-34(33)35)42-38-24-11-9-22-36(38)41(30-16-5-2-6-17-30)37-23-10-12-25-39(37)42/h2,5,7-13,16,18-29H,1,3-4,6,14-15,17H2. The van der Waals surface area contributed by atoms with E-state index in [4.69, 9.17) is 0 Å². The molecule has 0 amide bonds. The van der Waals surface area contributed by atoms with Gasteiger partial charge >= 0.3 is 0 Å². The molecule has 0 spiro atoms. The first-order valence-corrected chi connectivity index (χ1v) is 15.8. The second kappa shape index (κ2) is 10.8. The molecule has 1 fully saturated rings. The van der Waals surface area contributed by atoms with Crippen LogP contribution in [-0.2, 0) is 0 Å². The quantitative estimate of drug-likeness (QED) is 0.195. The molecule has 204 valence electrons. The molecule has 0 radical (unpaired) electrons. The molecule has 2 aliphatic rings. The van der Waals surface area contributed by atoms with Gasteiger partial charge < -0.3 is 0 Å². The van der Waals surface area contributed by atoms with Crippen LogP contribution in [0.25, 0.3) is 60.1 Å². The fourth-order valence-corrected chi connectivity index (χ4v) is 7.74. The SMILES string of the molecule is C1=CCCC(c2c3ccccc3c(-c3ccc(-c4cccc(C5CCCCC5)c4)c4ccccc34)c3ccccc23)=C1. The van der Waals surface area contributed by atoms with Crippen molar-refractivity contribution in [1.82, 2.24) is 0 Å². The summed E-state index contributed by atoms with van der Waals surface area (Å²) in [6.45, 7) is 0. The highest BCUT2D eigenvalue weighted by molar-refractivity contribution is 6.22. The van der Waals surface area contributed by atoms with Gasteiger partial charge in [0.15, 0.2) is 0 Å². The molecule has 6 aromatic carbocycles. The third-order valence-corrected chi connectivity index (χ3v) is 9.73. The Kier molecular flexibility index (Phi) is 6.49. The van der Waals surface area contributed by atoms with Crippen molar-refractivity contribution >= 4 is 37.9 Å². The number of hydrogen-bond acceptors (Lipinski definition) is 0. The summed E-state index contributed by atoms with van der Waals surface area (Å²) in [5, 5.41) is 8.01. The first-order valence-electron chi connectivity index (χ1n) is 15.8. The van der Waals surface area contributed by atoms with E-state index in [-0.39, 0.29) is 0 Å². The van der Waals surface area contributed by atoms with E-state index < -0.39 is 0 Å². The second-order valence-electron chi connectivity index (χ2n) is 12.2. The fraction of sp³-hybridized carbons (Fsp3) is 0.190. The van der Waals surface area contributed by atoms with Crippen molar-refractivity contribution in [2.75, 3.05) is 0 Å². The molecule has 0 bridgehead atoms. The van der Waals surface area contributed by atoms with Gasteiger partial charge in [0.2, 0.25) is 0 Å². The molecule has 0 heteroatoms. The van der Waals surface area contributed by atoms with E-state index in [0.717, 1.165) is 12.8 Å². The largest absolute Gasteiger partial charge is 0.0842 e. The Balaban J connectivity index is 1.37. The molecule has 2 aliphatic carbocycles. The Morgan fingerprint density at radius 3 is 1.74 bits per heavy atom. The Morgan fingerprint density at radius 2 is 1.10 bits per heavy atom. The third-order valence-electron chi connectivity index (χ3n) is 9.73. The average molecular weight is 541 g/mol. The van der Waals surface area contributed by atoms with Crippen LogP contribution in [0.3, 0.4) is 0 Å². The average Bonchev–Trinajstić information content (AvgIpc) is 3.07. The lowest BCUT2D eigenvalue weighted by atomic mass is 9.81. The van der Waals surface area contributed by atoms with Crippen LogP contribution in [0.5, 0.6) is 0 Å². The van der Waals surface area contributed by atoms with E-state index in [1.54, 1.807) is 0 Å². The van der Waals surface area contributed by atoms with E-state index >= 15 is 0 Å². The first kappa shape index (κ1) is 25.3. The highest BCUT2D eigenvalue weighted by Gasteiger charge is 2.20. The van der Waals surface area contributed by atoms with E-state index in [1.807, 2.05) is 0 Å². The third kappa shape index (κ3) is 4.29. The van der Waals surface area contributed by atoms with Gasteiger partial charge in [-0.2, -0.15) is 0 Å². The van der Waals surface area contributed by atoms with Crippen LogP contribution < -0.4 is 0 Å². The monoisotopic (exact) mass is 540 g/mol. The van der Waals surface area contributed by atoms with Gasteiger partial charge in [-0.3, -0.25) is 0 Å². The topological polar surface area (TPSA) is 0 Å². The molecular formula is C42H36. The van der Waals surface area contributed by atoms with E-state index in [1.165, 1.54) is 103 Å². The van der Waals surface area contributed by atoms with Gasteiger partial charge in [-0.05, 0) is 103 Å². The summed E-state index contributed by atoms with van der Waals surface area (Å²) in [4.78, 5) is 0. The summed E-state index contributed by atoms with van der Waals surface area (Å²) in [6, 6.07) is 41.3. The van der Waals surface area contributed by atoms with E-state index in [0.29, 0.717) is 5.92 Å². The number of rotatable bonds is 4. The number of hydrogen-bond donors (Lipinski definition) is 0. The van der Waals surface area contributed by atoms with Gasteiger partial charge in [0.25, 0.3) is 0 Å². The van der Waals surface area contributed by atoms with Crippen molar-refractivity contribution in [2.24, 2.45) is 0 Å². The van der Waals surface area contributed by atoms with Crippen molar-refractivity contribution in [3.8, 4) is 22.3 Å². The summed E-state index contributed by atoms with van der Waals surface area (Å²) < 4.78 is 0. The zero-order chi connectivity index (χ0) is 27.9. The highest BCUT2D eigenvalue weighted by Crippen LogP contribution is 2.46. The maximum Gasteiger partial charge on any atom is -0.00201 e. The van der Waals surface area contributed by atoms with E-state index in [9.17, 15) is 0 Å². The summed E-state index contributed by atoms with van der Waals surface area (Å²) >= 11 is 0. The Bertz CT molecular complexity index is 1960. The molecule has 0 atom stereocenters. The highest BCUT2D eigenvalue weighted by atomic mass is 14.2. The molecule has 1 saturated carbocycles. The fourth-order valence-electron chi connectivity index (χ4n) is 7.74. The second-order valence-corrected chi connectivity index (χ2v) is 12.2. The molecule has 6 aromatic rings. The minimum Gasteiger partial charge on any atom is -0.0842 e. The summed E-state index contributed by atoms with van der Waals surface area (Å²) in [5.74, 6) is 0.704.